The fourth-order valence-corrected chi connectivity index (χ4v) is 2.03. The zero-order valence-corrected chi connectivity index (χ0v) is 10.2. The maximum atomic E-state index is 11.3. The Labute approximate surface area is 99.8 Å². The molecule has 0 amide bonds. The summed E-state index contributed by atoms with van der Waals surface area (Å²) >= 11 is 0. The molecule has 2 N–H and O–H groups in total. The molecule has 0 aliphatic rings. The summed E-state index contributed by atoms with van der Waals surface area (Å²) in [5, 5.41) is 3.08. The van der Waals surface area contributed by atoms with Crippen LogP contribution in [0.15, 0.2) is 41.6 Å². The molecular formula is C11H13N3O2S. The van der Waals surface area contributed by atoms with Gasteiger partial charge in [-0.2, -0.15) is 0 Å². The smallest absolute Gasteiger partial charge is 0.200 e. The molecule has 0 aliphatic carbocycles. The van der Waals surface area contributed by atoms with Crippen LogP contribution in [-0.4, -0.2) is 24.6 Å². The van der Waals surface area contributed by atoms with Crippen LogP contribution in [-0.2, 0) is 16.4 Å². The zero-order valence-electron chi connectivity index (χ0n) is 9.34. The Morgan fingerprint density at radius 1 is 1.29 bits per heavy atom. The maximum Gasteiger partial charge on any atom is 0.200 e. The summed E-state index contributed by atoms with van der Waals surface area (Å²) in [6.07, 6.45) is 4.59. The monoisotopic (exact) mass is 251 g/mol. The van der Waals surface area contributed by atoms with Crippen LogP contribution in [0.5, 0.6) is 0 Å². The van der Waals surface area contributed by atoms with Gasteiger partial charge in [0.05, 0.1) is 4.90 Å². The van der Waals surface area contributed by atoms with Crippen molar-refractivity contribution in [2.24, 2.45) is 0 Å². The van der Waals surface area contributed by atoms with Crippen LogP contribution in [0.3, 0.4) is 0 Å². The second-order valence-electron chi connectivity index (χ2n) is 3.71. The first-order valence-corrected chi connectivity index (χ1v) is 6.97. The Bertz CT molecular complexity index is 574. The highest BCUT2D eigenvalue weighted by Crippen LogP contribution is 2.11. The number of aromatic amines is 1. The summed E-state index contributed by atoms with van der Waals surface area (Å²) < 4.78 is 22.5. The van der Waals surface area contributed by atoms with Crippen LogP contribution >= 0.6 is 0 Å². The van der Waals surface area contributed by atoms with E-state index in [0.717, 1.165) is 5.56 Å². The quantitative estimate of drug-likeness (QED) is 0.862. The predicted molar refractivity (Wildman–Crippen MR) is 65.5 cm³/mol. The van der Waals surface area contributed by atoms with Crippen LogP contribution in [0, 0.1) is 0 Å². The van der Waals surface area contributed by atoms with E-state index in [2.05, 4.69) is 15.3 Å². The van der Waals surface area contributed by atoms with Gasteiger partial charge in [0.25, 0.3) is 0 Å². The number of benzene rings is 1. The van der Waals surface area contributed by atoms with E-state index in [4.69, 9.17) is 0 Å². The number of hydrogen-bond donors (Lipinski definition) is 2. The van der Waals surface area contributed by atoms with Gasteiger partial charge >= 0.3 is 0 Å². The molecule has 0 atom stereocenters. The molecule has 0 bridgehead atoms. The molecule has 0 aliphatic heterocycles. The Kier molecular flexibility index (Phi) is 3.14. The number of aromatic nitrogens is 2. The largest absolute Gasteiger partial charge is 0.352 e. The molecule has 2 rings (SSSR count). The fourth-order valence-electron chi connectivity index (χ4n) is 1.40. The molecule has 2 aromatic rings. The molecule has 90 valence electrons. The highest BCUT2D eigenvalue weighted by atomic mass is 32.2. The lowest BCUT2D eigenvalue weighted by Gasteiger charge is -2.04. The topological polar surface area (TPSA) is 74.8 Å². The first-order valence-electron chi connectivity index (χ1n) is 5.08. The molecule has 0 radical (unpaired) electrons. The highest BCUT2D eigenvalue weighted by molar-refractivity contribution is 7.90. The first kappa shape index (κ1) is 11.7. The Morgan fingerprint density at radius 3 is 2.53 bits per heavy atom. The van der Waals surface area contributed by atoms with Crippen LogP contribution in [0.1, 0.15) is 5.56 Å². The van der Waals surface area contributed by atoms with Gasteiger partial charge in [0.2, 0.25) is 0 Å². The van der Waals surface area contributed by atoms with E-state index >= 15 is 0 Å². The summed E-state index contributed by atoms with van der Waals surface area (Å²) in [4.78, 5) is 7.28. The molecule has 1 heterocycles. The van der Waals surface area contributed by atoms with E-state index in [1.54, 1.807) is 36.7 Å². The summed E-state index contributed by atoms with van der Waals surface area (Å²) in [7, 11) is -3.12. The number of nitrogens with one attached hydrogen (secondary N) is 2. The van der Waals surface area contributed by atoms with Crippen molar-refractivity contribution in [3.8, 4) is 0 Å². The number of sulfone groups is 1. The molecule has 0 unspecified atom stereocenters. The van der Waals surface area contributed by atoms with Gasteiger partial charge in [-0.05, 0) is 17.7 Å². The third-order valence-corrected chi connectivity index (χ3v) is 3.44. The summed E-state index contributed by atoms with van der Waals surface area (Å²) in [6.45, 7) is 0.595. The average Bonchev–Trinajstić information content (AvgIpc) is 2.78. The number of nitrogens with zero attached hydrogens (tertiary/aromatic N) is 1. The molecule has 0 fully saturated rings. The fraction of sp³-hybridized carbons (Fsp3) is 0.182. The number of H-pyrrole nitrogens is 1. The minimum Gasteiger partial charge on any atom is -0.352 e. The molecule has 1 aromatic heterocycles. The third kappa shape index (κ3) is 3.07. The molecule has 0 saturated carbocycles. The summed E-state index contributed by atoms with van der Waals surface area (Å²) in [6, 6.07) is 6.78. The molecule has 17 heavy (non-hydrogen) atoms. The normalized spacial score (nSPS) is 11.4. The molecule has 0 spiro atoms. The molecule has 6 heteroatoms. The van der Waals surface area contributed by atoms with E-state index in [9.17, 15) is 8.42 Å². The minimum absolute atomic E-state index is 0.333. The Balaban J connectivity index is 2.04. The average molecular weight is 251 g/mol. The van der Waals surface area contributed by atoms with Crippen molar-refractivity contribution >= 4 is 15.8 Å². The van der Waals surface area contributed by atoms with E-state index in [-0.39, 0.29) is 0 Å². The maximum absolute atomic E-state index is 11.3. The van der Waals surface area contributed by atoms with Crippen LogP contribution in [0.4, 0.5) is 5.95 Å². The summed E-state index contributed by atoms with van der Waals surface area (Å²) in [5.41, 5.74) is 0.994. The van der Waals surface area contributed by atoms with Crippen molar-refractivity contribution < 1.29 is 8.42 Å². The Morgan fingerprint density at radius 2 is 2.00 bits per heavy atom. The van der Waals surface area contributed by atoms with Crippen LogP contribution in [0.2, 0.25) is 0 Å². The van der Waals surface area contributed by atoms with Crippen molar-refractivity contribution in [3.05, 3.63) is 42.2 Å². The van der Waals surface area contributed by atoms with Crippen LogP contribution in [0.25, 0.3) is 0 Å². The first-order chi connectivity index (χ1) is 8.05. The number of hydrogen-bond acceptors (Lipinski definition) is 4. The lowest BCUT2D eigenvalue weighted by Crippen LogP contribution is -2.02. The van der Waals surface area contributed by atoms with Gasteiger partial charge in [-0.25, -0.2) is 13.4 Å². The van der Waals surface area contributed by atoms with Crippen molar-refractivity contribution in [1.29, 1.82) is 0 Å². The van der Waals surface area contributed by atoms with Crippen molar-refractivity contribution in [3.63, 3.8) is 0 Å². The lowest BCUT2D eigenvalue weighted by atomic mass is 10.2. The molecule has 1 aromatic carbocycles. The highest BCUT2D eigenvalue weighted by Gasteiger charge is 2.05. The lowest BCUT2D eigenvalue weighted by molar-refractivity contribution is 0.602. The Hall–Kier alpha value is -1.82. The van der Waals surface area contributed by atoms with E-state index in [1.807, 2.05) is 0 Å². The predicted octanol–water partition coefficient (Wildman–Crippen LogP) is 1.43. The SMILES string of the molecule is CS(=O)(=O)c1ccc(CNc2ncc[nH]2)cc1. The van der Waals surface area contributed by atoms with Gasteiger partial charge < -0.3 is 10.3 Å². The summed E-state index contributed by atoms with van der Waals surface area (Å²) in [5.74, 6) is 0.692. The molecular weight excluding hydrogens is 238 g/mol. The van der Waals surface area contributed by atoms with Crippen molar-refractivity contribution in [1.82, 2.24) is 9.97 Å². The van der Waals surface area contributed by atoms with Gasteiger partial charge in [-0.3, -0.25) is 0 Å². The standard InChI is InChI=1S/C11H13N3O2S/c1-17(15,16)10-4-2-9(3-5-10)8-14-11-12-6-7-13-11/h2-7H,8H2,1H3,(H2,12,13,14). The van der Waals surface area contributed by atoms with E-state index < -0.39 is 9.84 Å². The van der Waals surface area contributed by atoms with Crippen molar-refractivity contribution in [2.75, 3.05) is 11.6 Å². The minimum atomic E-state index is -3.12. The second-order valence-corrected chi connectivity index (χ2v) is 5.72. The number of anilines is 1. The zero-order chi connectivity index (χ0) is 12.3. The molecule has 5 nitrogen and oxygen atoms in total. The number of imidazole rings is 1. The van der Waals surface area contributed by atoms with Gasteiger partial charge in [0.15, 0.2) is 15.8 Å². The van der Waals surface area contributed by atoms with E-state index in [1.165, 1.54) is 6.26 Å². The number of rotatable bonds is 4. The second kappa shape index (κ2) is 4.58. The van der Waals surface area contributed by atoms with Gasteiger partial charge in [-0.15, -0.1) is 0 Å². The van der Waals surface area contributed by atoms with Gasteiger partial charge in [0, 0.05) is 25.2 Å². The van der Waals surface area contributed by atoms with Gasteiger partial charge in [-0.1, -0.05) is 12.1 Å². The van der Waals surface area contributed by atoms with Crippen LogP contribution < -0.4 is 5.32 Å². The van der Waals surface area contributed by atoms with Crippen molar-refractivity contribution in [2.45, 2.75) is 11.4 Å². The van der Waals surface area contributed by atoms with E-state index in [0.29, 0.717) is 17.4 Å². The van der Waals surface area contributed by atoms with Gasteiger partial charge in [0.1, 0.15) is 0 Å². The molecule has 0 saturated heterocycles. The third-order valence-electron chi connectivity index (χ3n) is 2.31.